The first-order chi connectivity index (χ1) is 9.22. The Morgan fingerprint density at radius 3 is 3.00 bits per heavy atom. The van der Waals surface area contributed by atoms with Crippen LogP contribution in [0.3, 0.4) is 0 Å². The lowest BCUT2D eigenvalue weighted by atomic mass is 10.1. The van der Waals surface area contributed by atoms with Crippen LogP contribution in [0.25, 0.3) is 10.1 Å². The minimum Gasteiger partial charge on any atom is -0.387 e. The van der Waals surface area contributed by atoms with Crippen molar-refractivity contribution in [2.75, 3.05) is 13.1 Å². The molecule has 0 bridgehead atoms. The summed E-state index contributed by atoms with van der Waals surface area (Å²) in [6.07, 6.45) is 0.896. The average Bonchev–Trinajstić information content (AvgIpc) is 2.86. The summed E-state index contributed by atoms with van der Waals surface area (Å²) in [4.78, 5) is 11.4. The molecule has 0 saturated heterocycles. The maximum absolute atomic E-state index is 11.4. The van der Waals surface area contributed by atoms with Crippen molar-refractivity contribution in [2.24, 2.45) is 0 Å². The fourth-order valence-electron chi connectivity index (χ4n) is 1.78. The summed E-state index contributed by atoms with van der Waals surface area (Å²) >= 11 is 1.59. The van der Waals surface area contributed by atoms with E-state index >= 15 is 0 Å². The molecule has 0 fully saturated rings. The Balaban J connectivity index is 1.98. The third-order valence-electron chi connectivity index (χ3n) is 2.73. The molecule has 5 heteroatoms. The Hall–Kier alpha value is -1.85. The highest BCUT2D eigenvalue weighted by atomic mass is 32.1. The number of hydrogen-bond donors (Lipinski definition) is 3. The Morgan fingerprint density at radius 1 is 1.42 bits per heavy atom. The smallest absolute Gasteiger partial charge is 0.315 e. The summed E-state index contributed by atoms with van der Waals surface area (Å²) < 4.78 is 1.13. The van der Waals surface area contributed by atoms with Gasteiger partial charge in [-0.2, -0.15) is 0 Å². The highest BCUT2D eigenvalue weighted by Crippen LogP contribution is 2.29. The quantitative estimate of drug-likeness (QED) is 0.734. The van der Waals surface area contributed by atoms with Crippen LogP contribution < -0.4 is 10.6 Å². The van der Waals surface area contributed by atoms with Crippen LogP contribution in [0.5, 0.6) is 0 Å². The average molecular weight is 276 g/mol. The number of rotatable bonds is 5. The van der Waals surface area contributed by atoms with Crippen LogP contribution in [0.15, 0.2) is 42.3 Å². The van der Waals surface area contributed by atoms with Gasteiger partial charge in [-0.15, -0.1) is 17.9 Å². The van der Waals surface area contributed by atoms with Crippen molar-refractivity contribution in [1.82, 2.24) is 10.6 Å². The number of thiophene rings is 1. The zero-order valence-electron chi connectivity index (χ0n) is 10.4. The van der Waals surface area contributed by atoms with E-state index in [0.29, 0.717) is 6.54 Å². The number of aliphatic hydroxyl groups excluding tert-OH is 1. The molecule has 1 aromatic heterocycles. The second-order valence-corrected chi connectivity index (χ2v) is 4.99. The zero-order valence-corrected chi connectivity index (χ0v) is 11.2. The monoisotopic (exact) mass is 276 g/mol. The summed E-state index contributed by atoms with van der Waals surface area (Å²) in [6.45, 7) is 4.10. The van der Waals surface area contributed by atoms with Gasteiger partial charge in [-0.05, 0) is 16.8 Å². The number of carbonyl (C=O) groups excluding carboxylic acids is 1. The summed E-state index contributed by atoms with van der Waals surface area (Å²) in [6, 6.07) is 7.59. The van der Waals surface area contributed by atoms with Gasteiger partial charge < -0.3 is 15.7 Å². The van der Waals surface area contributed by atoms with Gasteiger partial charge in [-0.25, -0.2) is 4.79 Å². The first kappa shape index (κ1) is 13.6. The lowest BCUT2D eigenvalue weighted by molar-refractivity contribution is 0.175. The van der Waals surface area contributed by atoms with Crippen molar-refractivity contribution < 1.29 is 9.90 Å². The maximum Gasteiger partial charge on any atom is 0.315 e. The van der Waals surface area contributed by atoms with E-state index in [2.05, 4.69) is 17.2 Å². The summed E-state index contributed by atoms with van der Waals surface area (Å²) in [5.74, 6) is 0. The second kappa shape index (κ2) is 6.36. The normalized spacial score (nSPS) is 12.1. The molecule has 0 aliphatic rings. The van der Waals surface area contributed by atoms with Crippen molar-refractivity contribution >= 4 is 27.5 Å². The fraction of sp³-hybridized carbons (Fsp3) is 0.214. The molecule has 2 amide bonds. The van der Waals surface area contributed by atoms with Gasteiger partial charge in [0.05, 0.1) is 6.10 Å². The van der Waals surface area contributed by atoms with E-state index in [1.807, 2.05) is 29.6 Å². The zero-order chi connectivity index (χ0) is 13.7. The highest BCUT2D eigenvalue weighted by Gasteiger charge is 2.13. The number of nitrogens with one attached hydrogen (secondary N) is 2. The number of benzene rings is 1. The van der Waals surface area contributed by atoms with Gasteiger partial charge in [-0.1, -0.05) is 24.3 Å². The summed E-state index contributed by atoms with van der Waals surface area (Å²) in [5, 5.41) is 18.3. The van der Waals surface area contributed by atoms with Crippen molar-refractivity contribution in [3.8, 4) is 0 Å². The molecule has 4 nitrogen and oxygen atoms in total. The third-order valence-corrected chi connectivity index (χ3v) is 3.71. The summed E-state index contributed by atoms with van der Waals surface area (Å²) in [5.41, 5.74) is 0.852. The standard InChI is InChI=1S/C14H16N2O2S/c1-2-7-15-14(18)16-8-12(17)11-9-19-13-6-4-3-5-10(11)13/h2-6,9,12,17H,1,7-8H2,(H2,15,16,18). The van der Waals surface area contributed by atoms with E-state index in [4.69, 9.17) is 0 Å². The molecular formula is C14H16N2O2S. The number of hydrogen-bond acceptors (Lipinski definition) is 3. The van der Waals surface area contributed by atoms with Gasteiger partial charge in [0.25, 0.3) is 0 Å². The summed E-state index contributed by atoms with van der Waals surface area (Å²) in [7, 11) is 0. The van der Waals surface area contributed by atoms with E-state index in [0.717, 1.165) is 15.6 Å². The van der Waals surface area contributed by atoms with E-state index in [1.54, 1.807) is 17.4 Å². The third kappa shape index (κ3) is 3.33. The minimum absolute atomic E-state index is 0.184. The van der Waals surface area contributed by atoms with E-state index in [1.165, 1.54) is 0 Å². The molecule has 0 radical (unpaired) electrons. The number of amides is 2. The van der Waals surface area contributed by atoms with Crippen LogP contribution in [0.4, 0.5) is 4.79 Å². The van der Waals surface area contributed by atoms with Crippen LogP contribution in [0.2, 0.25) is 0 Å². The number of fused-ring (bicyclic) bond motifs is 1. The van der Waals surface area contributed by atoms with Gasteiger partial charge in [0, 0.05) is 23.4 Å². The maximum atomic E-state index is 11.4. The van der Waals surface area contributed by atoms with Crippen LogP contribution in [0, 0.1) is 0 Å². The molecular weight excluding hydrogens is 260 g/mol. The molecule has 1 unspecified atom stereocenters. The van der Waals surface area contributed by atoms with Gasteiger partial charge in [-0.3, -0.25) is 0 Å². The van der Waals surface area contributed by atoms with Crippen LogP contribution >= 0.6 is 11.3 Å². The van der Waals surface area contributed by atoms with E-state index < -0.39 is 6.10 Å². The van der Waals surface area contributed by atoms with Crippen LogP contribution in [-0.4, -0.2) is 24.2 Å². The lowest BCUT2D eigenvalue weighted by Crippen LogP contribution is -2.37. The molecule has 0 aliphatic carbocycles. The van der Waals surface area contributed by atoms with Crippen molar-refractivity contribution in [1.29, 1.82) is 0 Å². The first-order valence-electron chi connectivity index (χ1n) is 5.99. The van der Waals surface area contributed by atoms with Gasteiger partial charge in [0.2, 0.25) is 0 Å². The Morgan fingerprint density at radius 2 is 2.21 bits per heavy atom. The number of aliphatic hydroxyl groups is 1. The van der Waals surface area contributed by atoms with Crippen molar-refractivity contribution in [3.05, 3.63) is 47.9 Å². The fourth-order valence-corrected chi connectivity index (χ4v) is 2.79. The Kier molecular flexibility index (Phi) is 4.54. The van der Waals surface area contributed by atoms with E-state index in [-0.39, 0.29) is 12.6 Å². The topological polar surface area (TPSA) is 61.4 Å². The van der Waals surface area contributed by atoms with Crippen LogP contribution in [0.1, 0.15) is 11.7 Å². The van der Waals surface area contributed by atoms with Gasteiger partial charge in [0.1, 0.15) is 0 Å². The minimum atomic E-state index is -0.703. The predicted octanol–water partition coefficient (Wildman–Crippen LogP) is 2.42. The molecule has 0 spiro atoms. The molecule has 19 heavy (non-hydrogen) atoms. The van der Waals surface area contributed by atoms with Gasteiger partial charge >= 0.3 is 6.03 Å². The molecule has 0 aliphatic heterocycles. The van der Waals surface area contributed by atoms with Gasteiger partial charge in [0.15, 0.2) is 0 Å². The molecule has 3 N–H and O–H groups in total. The molecule has 2 aromatic rings. The van der Waals surface area contributed by atoms with Crippen molar-refractivity contribution in [3.63, 3.8) is 0 Å². The molecule has 2 rings (SSSR count). The molecule has 1 heterocycles. The number of carbonyl (C=O) groups is 1. The lowest BCUT2D eigenvalue weighted by Gasteiger charge is -2.11. The molecule has 1 aromatic carbocycles. The Labute approximate surface area is 115 Å². The van der Waals surface area contributed by atoms with Crippen LogP contribution in [-0.2, 0) is 0 Å². The number of urea groups is 1. The Bertz CT molecular complexity index is 580. The first-order valence-corrected chi connectivity index (χ1v) is 6.87. The molecule has 1 atom stereocenters. The highest BCUT2D eigenvalue weighted by molar-refractivity contribution is 7.17. The van der Waals surface area contributed by atoms with E-state index in [9.17, 15) is 9.90 Å². The molecule has 0 saturated carbocycles. The predicted molar refractivity (Wildman–Crippen MR) is 78.4 cm³/mol. The largest absolute Gasteiger partial charge is 0.387 e. The van der Waals surface area contributed by atoms with Crippen molar-refractivity contribution in [2.45, 2.75) is 6.10 Å². The SMILES string of the molecule is C=CCNC(=O)NCC(O)c1csc2ccccc12. The second-order valence-electron chi connectivity index (χ2n) is 4.08. The molecule has 100 valence electrons.